The first kappa shape index (κ1) is 18.2. The van der Waals surface area contributed by atoms with E-state index in [0.29, 0.717) is 30.9 Å². The van der Waals surface area contributed by atoms with Crippen LogP contribution in [0.3, 0.4) is 0 Å². The van der Waals surface area contributed by atoms with Gasteiger partial charge in [0.25, 0.3) is 5.91 Å². The average Bonchev–Trinajstić information content (AvgIpc) is 3.17. The zero-order valence-corrected chi connectivity index (χ0v) is 16.3. The second-order valence-corrected chi connectivity index (χ2v) is 7.11. The molecule has 1 spiro atoms. The van der Waals surface area contributed by atoms with Crippen molar-refractivity contribution in [3.8, 4) is 11.5 Å². The molecule has 0 saturated carbocycles. The van der Waals surface area contributed by atoms with Gasteiger partial charge in [-0.25, -0.2) is 4.79 Å². The van der Waals surface area contributed by atoms with Crippen molar-refractivity contribution in [1.29, 1.82) is 0 Å². The lowest BCUT2D eigenvalue weighted by atomic mass is 9.79. The molecule has 0 radical (unpaired) electrons. The quantitative estimate of drug-likeness (QED) is 0.590. The Morgan fingerprint density at radius 3 is 2.57 bits per heavy atom. The maximum absolute atomic E-state index is 13.3. The molecular weight excluding hydrogens is 356 g/mol. The Hall–Kier alpha value is -3.15. The maximum atomic E-state index is 13.3. The molecule has 28 heavy (non-hydrogen) atoms. The molecule has 6 heteroatoms. The van der Waals surface area contributed by atoms with Crippen LogP contribution in [0.2, 0.25) is 0 Å². The molecule has 2 aliphatic rings. The molecule has 1 atom stereocenters. The van der Waals surface area contributed by atoms with Crippen LogP contribution in [0, 0.1) is 0 Å². The van der Waals surface area contributed by atoms with Gasteiger partial charge in [0.1, 0.15) is 0 Å². The Kier molecular flexibility index (Phi) is 4.41. The molecule has 2 aliphatic heterocycles. The van der Waals surface area contributed by atoms with E-state index in [1.54, 1.807) is 30.7 Å². The molecule has 144 valence electrons. The molecule has 2 aromatic carbocycles. The number of ether oxygens (including phenoxy) is 2. The zero-order chi connectivity index (χ0) is 19.9. The van der Waals surface area contributed by atoms with Crippen LogP contribution in [0.25, 0.3) is 0 Å². The van der Waals surface area contributed by atoms with Gasteiger partial charge in [0.15, 0.2) is 24.3 Å². The first-order valence-electron chi connectivity index (χ1n) is 9.26. The van der Waals surface area contributed by atoms with Crippen LogP contribution in [0.5, 0.6) is 11.5 Å². The molecule has 0 unspecified atom stereocenters. The van der Waals surface area contributed by atoms with E-state index in [1.807, 2.05) is 48.7 Å². The average molecular weight is 379 g/mol. The first-order valence-corrected chi connectivity index (χ1v) is 9.26. The minimum Gasteiger partial charge on any atom is -0.493 e. The molecule has 0 saturated heterocycles. The molecule has 0 N–H and O–H groups in total. The summed E-state index contributed by atoms with van der Waals surface area (Å²) in [6.45, 7) is 0.509. The highest BCUT2D eigenvalue weighted by Gasteiger charge is 2.63. The number of benzene rings is 2. The van der Waals surface area contributed by atoms with Gasteiger partial charge in [-0.2, -0.15) is 4.58 Å². The van der Waals surface area contributed by atoms with Crippen LogP contribution in [0.4, 0.5) is 5.69 Å². The van der Waals surface area contributed by atoms with E-state index < -0.39 is 5.41 Å². The summed E-state index contributed by atoms with van der Waals surface area (Å²) in [6, 6.07) is 13.3. The number of amides is 2. The lowest BCUT2D eigenvalue weighted by Gasteiger charge is -2.16. The maximum Gasteiger partial charge on any atom is 0.407 e. The van der Waals surface area contributed by atoms with Gasteiger partial charge in [-0.3, -0.25) is 4.79 Å². The highest BCUT2D eigenvalue weighted by atomic mass is 16.5. The third kappa shape index (κ3) is 2.52. The van der Waals surface area contributed by atoms with Gasteiger partial charge in [0, 0.05) is 24.7 Å². The number of anilines is 1. The van der Waals surface area contributed by atoms with E-state index >= 15 is 0 Å². The molecule has 2 heterocycles. The molecule has 2 aromatic rings. The van der Waals surface area contributed by atoms with Crippen molar-refractivity contribution in [1.82, 2.24) is 0 Å². The number of methoxy groups -OCH3 is 2. The number of para-hydroxylation sites is 1. The summed E-state index contributed by atoms with van der Waals surface area (Å²) in [6.07, 6.45) is 2.92. The summed E-state index contributed by atoms with van der Waals surface area (Å²) < 4.78 is 12.3. The smallest absolute Gasteiger partial charge is 0.407 e. The fourth-order valence-electron chi connectivity index (χ4n) is 4.18. The van der Waals surface area contributed by atoms with Crippen molar-refractivity contribution in [2.45, 2.75) is 18.3 Å². The molecule has 0 bridgehead atoms. The van der Waals surface area contributed by atoms with Crippen molar-refractivity contribution in [3.63, 3.8) is 0 Å². The minimum absolute atomic E-state index is 0.144. The number of nitrogens with zero attached hydrogens (tertiary/aromatic N) is 2. The van der Waals surface area contributed by atoms with Crippen molar-refractivity contribution in [3.05, 3.63) is 53.6 Å². The standard InChI is InChI=1S/C22H23N2O4/c1-23-17-7-5-4-6-16(17)22(20(23)25)11-13-24(21(22)26)12-10-15-8-9-18(27-2)19(14-15)28-3/h4-9,13-14H,10-12H2,1-3H3/q+1/t22-/m0/s1. The molecule has 2 amide bonds. The molecule has 6 nitrogen and oxygen atoms in total. The number of rotatable bonds is 5. The van der Waals surface area contributed by atoms with Crippen LogP contribution in [0.15, 0.2) is 42.5 Å². The summed E-state index contributed by atoms with van der Waals surface area (Å²) in [5.41, 5.74) is 1.55. The van der Waals surface area contributed by atoms with E-state index in [9.17, 15) is 9.59 Å². The van der Waals surface area contributed by atoms with E-state index in [-0.39, 0.29) is 11.8 Å². The number of fused-ring (bicyclic) bond motifs is 2. The lowest BCUT2D eigenvalue weighted by molar-refractivity contribution is -0.441. The first-order chi connectivity index (χ1) is 13.5. The third-order valence-corrected chi connectivity index (χ3v) is 5.73. The van der Waals surface area contributed by atoms with Crippen LogP contribution in [0.1, 0.15) is 17.5 Å². The second kappa shape index (κ2) is 6.78. The Labute approximate surface area is 164 Å². The predicted octanol–water partition coefficient (Wildman–Crippen LogP) is 2.17. The fraction of sp³-hybridized carbons (Fsp3) is 0.318. The zero-order valence-electron chi connectivity index (χ0n) is 16.3. The van der Waals surface area contributed by atoms with Gasteiger partial charge in [-0.15, -0.1) is 0 Å². The van der Waals surface area contributed by atoms with Crippen molar-refractivity contribution >= 4 is 23.7 Å². The van der Waals surface area contributed by atoms with Gasteiger partial charge in [0.05, 0.1) is 20.6 Å². The van der Waals surface area contributed by atoms with Gasteiger partial charge in [-0.1, -0.05) is 24.3 Å². The Morgan fingerprint density at radius 1 is 1.07 bits per heavy atom. The SMILES string of the molecule is COc1ccc(CC[N+]2=CC[C@]3(C(=O)N(C)c4ccccc43)C2=O)cc1OC. The van der Waals surface area contributed by atoms with Crippen LogP contribution < -0.4 is 14.4 Å². The van der Waals surface area contributed by atoms with Crippen molar-refractivity contribution in [2.24, 2.45) is 0 Å². The number of likely N-dealkylation sites (N-methyl/N-ethyl adjacent to an activating group) is 1. The highest BCUT2D eigenvalue weighted by molar-refractivity contribution is 6.22. The number of carbonyl (C=O) groups excluding carboxylic acids is 2. The topological polar surface area (TPSA) is 58.9 Å². The predicted molar refractivity (Wildman–Crippen MR) is 106 cm³/mol. The Balaban J connectivity index is 1.55. The molecular formula is C22H23N2O4+. The van der Waals surface area contributed by atoms with Gasteiger partial charge < -0.3 is 14.4 Å². The summed E-state index contributed by atoms with van der Waals surface area (Å²) in [7, 11) is 4.93. The largest absolute Gasteiger partial charge is 0.493 e. The number of hydrogen-bond donors (Lipinski definition) is 0. The molecule has 0 aliphatic carbocycles. The lowest BCUT2D eigenvalue weighted by Crippen LogP contribution is -2.45. The van der Waals surface area contributed by atoms with Crippen molar-refractivity contribution < 1.29 is 23.6 Å². The van der Waals surface area contributed by atoms with E-state index in [4.69, 9.17) is 9.47 Å². The Morgan fingerprint density at radius 2 is 1.82 bits per heavy atom. The fourth-order valence-corrected chi connectivity index (χ4v) is 4.18. The van der Waals surface area contributed by atoms with Crippen molar-refractivity contribution in [2.75, 3.05) is 32.7 Å². The van der Waals surface area contributed by atoms with Crippen LogP contribution in [-0.4, -0.2) is 50.4 Å². The minimum atomic E-state index is -1.11. The summed E-state index contributed by atoms with van der Waals surface area (Å²) in [5.74, 6) is 1.04. The Bertz CT molecular complexity index is 998. The summed E-state index contributed by atoms with van der Waals surface area (Å²) in [5, 5.41) is 0. The number of hydrogen-bond acceptors (Lipinski definition) is 4. The van der Waals surface area contributed by atoms with Crippen LogP contribution >= 0.6 is 0 Å². The normalized spacial score (nSPS) is 20.5. The number of carbonyl (C=O) groups is 2. The van der Waals surface area contributed by atoms with E-state index in [2.05, 4.69) is 0 Å². The monoisotopic (exact) mass is 379 g/mol. The van der Waals surface area contributed by atoms with Gasteiger partial charge in [-0.05, 0) is 23.8 Å². The van der Waals surface area contributed by atoms with Crippen LogP contribution in [-0.2, 0) is 21.4 Å². The second-order valence-electron chi connectivity index (χ2n) is 7.11. The van der Waals surface area contributed by atoms with E-state index in [1.165, 1.54) is 0 Å². The highest BCUT2D eigenvalue weighted by Crippen LogP contribution is 2.45. The summed E-state index contributed by atoms with van der Waals surface area (Å²) in [4.78, 5) is 27.9. The van der Waals surface area contributed by atoms with Gasteiger partial charge >= 0.3 is 5.91 Å². The molecule has 4 rings (SSSR count). The molecule has 0 fully saturated rings. The summed E-state index contributed by atoms with van der Waals surface area (Å²) >= 11 is 0. The third-order valence-electron chi connectivity index (χ3n) is 5.73. The van der Waals surface area contributed by atoms with E-state index in [0.717, 1.165) is 16.8 Å². The molecule has 0 aromatic heterocycles. The van der Waals surface area contributed by atoms with Gasteiger partial charge in [0.2, 0.25) is 5.41 Å².